The monoisotopic (exact) mass is 375 g/mol. The first-order chi connectivity index (χ1) is 13.2. The Kier molecular flexibility index (Phi) is 3.82. The highest BCUT2D eigenvalue weighted by atomic mass is 32.2. The minimum atomic E-state index is 0.0320. The lowest BCUT2D eigenvalue weighted by atomic mass is 10.2. The molecule has 0 bridgehead atoms. The third-order valence-corrected chi connectivity index (χ3v) is 5.65. The standard InChI is InChI=1S/C20H17N5OS/c21-18-13-5-1-3-7-15(13)22-17(24-18)11-27-20-23-16-8-4-2-6-14(16)19(26)25(20)12-9-10-12/h1-8,12H,9-11H2,(H2,21,22,24). The molecule has 0 aliphatic heterocycles. The first-order valence-electron chi connectivity index (χ1n) is 8.86. The van der Waals surface area contributed by atoms with Crippen molar-refractivity contribution in [2.75, 3.05) is 5.73 Å². The molecular formula is C20H17N5OS. The molecule has 7 heteroatoms. The van der Waals surface area contributed by atoms with Crippen LogP contribution in [0.4, 0.5) is 5.82 Å². The molecule has 5 rings (SSSR count). The van der Waals surface area contributed by atoms with Gasteiger partial charge in [-0.15, -0.1) is 0 Å². The number of hydrogen-bond donors (Lipinski definition) is 1. The van der Waals surface area contributed by atoms with Gasteiger partial charge in [-0.25, -0.2) is 15.0 Å². The Balaban J connectivity index is 1.53. The van der Waals surface area contributed by atoms with E-state index in [1.165, 1.54) is 11.8 Å². The van der Waals surface area contributed by atoms with Crippen LogP contribution < -0.4 is 11.3 Å². The van der Waals surface area contributed by atoms with E-state index in [2.05, 4.69) is 9.97 Å². The number of nitrogen functional groups attached to an aromatic ring is 1. The van der Waals surface area contributed by atoms with Gasteiger partial charge in [-0.1, -0.05) is 36.0 Å². The van der Waals surface area contributed by atoms with Crippen LogP contribution in [0.3, 0.4) is 0 Å². The molecule has 2 heterocycles. The Morgan fingerprint density at radius 3 is 2.37 bits per heavy atom. The van der Waals surface area contributed by atoms with Gasteiger partial charge in [-0.05, 0) is 37.1 Å². The number of hydrogen-bond acceptors (Lipinski definition) is 6. The number of benzene rings is 2. The molecule has 1 aliphatic carbocycles. The molecule has 0 amide bonds. The minimum Gasteiger partial charge on any atom is -0.383 e. The van der Waals surface area contributed by atoms with E-state index in [4.69, 9.17) is 10.7 Å². The molecule has 6 nitrogen and oxygen atoms in total. The number of anilines is 1. The average molecular weight is 375 g/mol. The highest BCUT2D eigenvalue weighted by molar-refractivity contribution is 7.98. The lowest BCUT2D eigenvalue weighted by molar-refractivity contribution is 0.617. The number of rotatable bonds is 4. The highest BCUT2D eigenvalue weighted by Crippen LogP contribution is 2.37. The molecule has 0 spiro atoms. The Bertz CT molecular complexity index is 1230. The molecule has 4 aromatic rings. The van der Waals surface area contributed by atoms with Gasteiger partial charge in [0.15, 0.2) is 5.16 Å². The molecule has 2 aromatic heterocycles. The van der Waals surface area contributed by atoms with Gasteiger partial charge >= 0.3 is 0 Å². The summed E-state index contributed by atoms with van der Waals surface area (Å²) in [5.74, 6) is 1.62. The molecule has 134 valence electrons. The largest absolute Gasteiger partial charge is 0.383 e. The van der Waals surface area contributed by atoms with Gasteiger partial charge in [-0.2, -0.15) is 0 Å². The van der Waals surface area contributed by atoms with Crippen molar-refractivity contribution < 1.29 is 0 Å². The van der Waals surface area contributed by atoms with Gasteiger partial charge in [-0.3, -0.25) is 9.36 Å². The molecule has 27 heavy (non-hydrogen) atoms. The van der Waals surface area contributed by atoms with E-state index in [0.717, 1.165) is 34.4 Å². The van der Waals surface area contributed by atoms with Crippen LogP contribution in [0.5, 0.6) is 0 Å². The smallest absolute Gasteiger partial charge is 0.262 e. The lowest BCUT2D eigenvalue weighted by Gasteiger charge is -2.12. The van der Waals surface area contributed by atoms with Crippen LogP contribution in [-0.4, -0.2) is 19.5 Å². The van der Waals surface area contributed by atoms with E-state index in [1.807, 2.05) is 53.1 Å². The second-order valence-corrected chi connectivity index (χ2v) is 7.59. The Hall–Kier alpha value is -2.93. The second kappa shape index (κ2) is 6.35. The van der Waals surface area contributed by atoms with Crippen LogP contribution in [0, 0.1) is 0 Å². The molecule has 1 saturated carbocycles. The molecule has 0 atom stereocenters. The number of fused-ring (bicyclic) bond motifs is 2. The van der Waals surface area contributed by atoms with Crippen LogP contribution in [0.1, 0.15) is 24.7 Å². The second-order valence-electron chi connectivity index (χ2n) is 6.65. The fraction of sp³-hybridized carbons (Fsp3) is 0.200. The van der Waals surface area contributed by atoms with E-state index in [1.54, 1.807) is 0 Å². The third-order valence-electron chi connectivity index (χ3n) is 4.70. The lowest BCUT2D eigenvalue weighted by Crippen LogP contribution is -2.22. The summed E-state index contributed by atoms with van der Waals surface area (Å²) < 4.78 is 1.83. The number of thioether (sulfide) groups is 1. The Labute approximate surface area is 159 Å². The number of nitrogens with zero attached hydrogens (tertiary/aromatic N) is 4. The third kappa shape index (κ3) is 2.94. The summed E-state index contributed by atoms with van der Waals surface area (Å²) in [5, 5.41) is 2.24. The van der Waals surface area contributed by atoms with Crippen molar-refractivity contribution in [1.29, 1.82) is 0 Å². The maximum atomic E-state index is 12.9. The summed E-state index contributed by atoms with van der Waals surface area (Å²) in [7, 11) is 0. The summed E-state index contributed by atoms with van der Waals surface area (Å²) in [5.41, 5.74) is 7.66. The van der Waals surface area contributed by atoms with Gasteiger partial charge in [0.2, 0.25) is 0 Å². The van der Waals surface area contributed by atoms with Gasteiger partial charge in [0.25, 0.3) is 5.56 Å². The van der Waals surface area contributed by atoms with Crippen molar-refractivity contribution >= 4 is 39.4 Å². The molecule has 0 saturated heterocycles. The maximum absolute atomic E-state index is 12.9. The quantitative estimate of drug-likeness (QED) is 0.434. The van der Waals surface area contributed by atoms with Crippen LogP contribution in [0.15, 0.2) is 58.5 Å². The van der Waals surface area contributed by atoms with E-state index < -0.39 is 0 Å². The van der Waals surface area contributed by atoms with E-state index in [9.17, 15) is 4.79 Å². The first-order valence-corrected chi connectivity index (χ1v) is 9.84. The summed E-state index contributed by atoms with van der Waals surface area (Å²) >= 11 is 1.49. The van der Waals surface area contributed by atoms with Crippen LogP contribution in [0.2, 0.25) is 0 Å². The van der Waals surface area contributed by atoms with E-state index in [0.29, 0.717) is 22.8 Å². The predicted octanol–water partition coefficient (Wildman–Crippen LogP) is 3.55. The van der Waals surface area contributed by atoms with Crippen molar-refractivity contribution in [1.82, 2.24) is 19.5 Å². The zero-order chi connectivity index (χ0) is 18.4. The van der Waals surface area contributed by atoms with E-state index >= 15 is 0 Å². The van der Waals surface area contributed by atoms with Crippen molar-refractivity contribution in [3.8, 4) is 0 Å². The Morgan fingerprint density at radius 1 is 0.963 bits per heavy atom. The molecule has 2 N–H and O–H groups in total. The summed E-state index contributed by atoms with van der Waals surface area (Å²) in [6.07, 6.45) is 2.04. The zero-order valence-electron chi connectivity index (χ0n) is 14.5. The number of para-hydroxylation sites is 2. The highest BCUT2D eigenvalue weighted by Gasteiger charge is 2.28. The number of nitrogens with two attached hydrogens (primary N) is 1. The van der Waals surface area contributed by atoms with Crippen molar-refractivity contribution in [2.24, 2.45) is 0 Å². The zero-order valence-corrected chi connectivity index (χ0v) is 15.3. The topological polar surface area (TPSA) is 86.7 Å². The van der Waals surface area contributed by atoms with E-state index in [-0.39, 0.29) is 11.6 Å². The SMILES string of the molecule is Nc1nc(CSc2nc3ccccc3c(=O)n2C2CC2)nc2ccccc12. The van der Waals surface area contributed by atoms with Crippen molar-refractivity contribution in [2.45, 2.75) is 29.8 Å². The van der Waals surface area contributed by atoms with Crippen molar-refractivity contribution in [3.05, 3.63) is 64.7 Å². The predicted molar refractivity (Wildman–Crippen MR) is 108 cm³/mol. The maximum Gasteiger partial charge on any atom is 0.262 e. The average Bonchev–Trinajstić information content (AvgIpc) is 3.51. The molecule has 2 aromatic carbocycles. The summed E-state index contributed by atoms with van der Waals surface area (Å²) in [6.45, 7) is 0. The number of aromatic nitrogens is 4. The van der Waals surface area contributed by atoms with Crippen molar-refractivity contribution in [3.63, 3.8) is 0 Å². The van der Waals surface area contributed by atoms with Gasteiger partial charge in [0.1, 0.15) is 11.6 Å². The molecule has 1 fully saturated rings. The first kappa shape index (κ1) is 16.3. The van der Waals surface area contributed by atoms with Crippen LogP contribution >= 0.6 is 11.8 Å². The molecular weight excluding hydrogens is 358 g/mol. The minimum absolute atomic E-state index is 0.0320. The fourth-order valence-corrected chi connectivity index (χ4v) is 4.15. The summed E-state index contributed by atoms with van der Waals surface area (Å²) in [6, 6.07) is 15.4. The molecule has 1 aliphatic rings. The molecule has 0 radical (unpaired) electrons. The van der Waals surface area contributed by atoms with Crippen LogP contribution in [-0.2, 0) is 5.75 Å². The Morgan fingerprint density at radius 2 is 1.63 bits per heavy atom. The molecule has 0 unspecified atom stereocenters. The summed E-state index contributed by atoms with van der Waals surface area (Å²) in [4.78, 5) is 26.7. The fourth-order valence-electron chi connectivity index (χ4n) is 3.23. The normalized spacial score (nSPS) is 14.1. The van der Waals surface area contributed by atoms with Gasteiger partial charge in [0.05, 0.1) is 22.2 Å². The van der Waals surface area contributed by atoms with Gasteiger partial charge in [0, 0.05) is 11.4 Å². The van der Waals surface area contributed by atoms with Gasteiger partial charge < -0.3 is 5.73 Å². The van der Waals surface area contributed by atoms with Crippen LogP contribution in [0.25, 0.3) is 21.8 Å².